The van der Waals surface area contributed by atoms with Crippen LogP contribution in [0.1, 0.15) is 56.6 Å². The first kappa shape index (κ1) is 23.2. The summed E-state index contributed by atoms with van der Waals surface area (Å²) in [5.41, 5.74) is 0.433. The second-order valence-electron chi connectivity index (χ2n) is 7.70. The van der Waals surface area contributed by atoms with E-state index in [0.29, 0.717) is 6.61 Å². The molecule has 0 aliphatic heterocycles. The molecule has 2 rings (SSSR count). The second kappa shape index (κ2) is 9.15. The van der Waals surface area contributed by atoms with Gasteiger partial charge in [-0.05, 0) is 70.5 Å². The first-order chi connectivity index (χ1) is 13.4. The van der Waals surface area contributed by atoms with Gasteiger partial charge >= 0.3 is 0 Å². The summed E-state index contributed by atoms with van der Waals surface area (Å²) in [5.74, 6) is 0.365. The molecule has 0 fully saturated rings. The predicted molar refractivity (Wildman–Crippen MR) is 115 cm³/mol. The molecule has 2 aromatic carbocycles. The van der Waals surface area contributed by atoms with Crippen LogP contribution in [0.2, 0.25) is 5.02 Å². The van der Waals surface area contributed by atoms with E-state index in [1.54, 1.807) is 20.8 Å². The van der Waals surface area contributed by atoms with E-state index in [4.69, 9.17) is 16.3 Å². The summed E-state index contributed by atoms with van der Waals surface area (Å²) in [4.78, 5) is 12.6. The fourth-order valence-electron chi connectivity index (χ4n) is 2.69. The molecule has 2 aromatic rings. The average molecular weight is 439 g/mol. The molecule has 1 atom stereocenters. The minimum absolute atomic E-state index is 0.0536. The van der Waals surface area contributed by atoms with Crippen LogP contribution >= 0.6 is 11.6 Å². The van der Waals surface area contributed by atoms with Crippen molar-refractivity contribution in [1.29, 1.82) is 0 Å². The maximum Gasteiger partial charge on any atom is 0.251 e. The largest absolute Gasteiger partial charge is 0.494 e. The lowest BCUT2D eigenvalue weighted by Crippen LogP contribution is -2.40. The molecule has 1 unspecified atom stereocenters. The van der Waals surface area contributed by atoms with E-state index < -0.39 is 21.5 Å². The van der Waals surface area contributed by atoms with Crippen molar-refractivity contribution < 1.29 is 17.9 Å². The van der Waals surface area contributed by atoms with Gasteiger partial charge in [0.05, 0.1) is 17.7 Å². The standard InChI is InChI=1S/C21H27ClN2O4S/c1-6-28-17-10-7-15(8-11-17)14(2)23-20(25)16-9-12-18(22)19(13-16)29(26,27)24-21(3,4)5/h7-14,24H,6H2,1-5H3,(H,23,25). The average Bonchev–Trinajstić information content (AvgIpc) is 2.60. The zero-order valence-electron chi connectivity index (χ0n) is 17.2. The molecule has 158 valence electrons. The maximum atomic E-state index is 12.7. The summed E-state index contributed by atoms with van der Waals surface area (Å²) in [6.07, 6.45) is 0. The van der Waals surface area contributed by atoms with Crippen molar-refractivity contribution in [3.8, 4) is 5.75 Å². The number of halogens is 1. The Morgan fingerprint density at radius 1 is 1.14 bits per heavy atom. The smallest absolute Gasteiger partial charge is 0.251 e. The number of benzene rings is 2. The van der Waals surface area contributed by atoms with Gasteiger partial charge < -0.3 is 10.1 Å². The fraction of sp³-hybridized carbons (Fsp3) is 0.381. The van der Waals surface area contributed by atoms with E-state index in [1.165, 1.54) is 18.2 Å². The van der Waals surface area contributed by atoms with E-state index >= 15 is 0 Å². The maximum absolute atomic E-state index is 12.7. The zero-order chi connectivity index (χ0) is 21.8. The number of rotatable bonds is 7. The van der Waals surface area contributed by atoms with Gasteiger partial charge in [0.1, 0.15) is 10.6 Å². The van der Waals surface area contributed by atoms with Crippen LogP contribution in [0.3, 0.4) is 0 Å². The number of ether oxygens (including phenoxy) is 1. The molecule has 6 nitrogen and oxygen atoms in total. The predicted octanol–water partition coefficient (Wildman–Crippen LogP) is 4.31. The summed E-state index contributed by atoms with van der Waals surface area (Å²) < 4.78 is 33.2. The van der Waals surface area contributed by atoms with Crippen LogP contribution in [-0.4, -0.2) is 26.5 Å². The Hall–Kier alpha value is -2.09. The van der Waals surface area contributed by atoms with Gasteiger partial charge in [0, 0.05) is 11.1 Å². The van der Waals surface area contributed by atoms with Crippen molar-refractivity contribution in [2.75, 3.05) is 6.61 Å². The topological polar surface area (TPSA) is 84.5 Å². The molecule has 1 amide bonds. The quantitative estimate of drug-likeness (QED) is 0.674. The van der Waals surface area contributed by atoms with Gasteiger partial charge in [-0.25, -0.2) is 13.1 Å². The number of hydrogen-bond donors (Lipinski definition) is 2. The van der Waals surface area contributed by atoms with Gasteiger partial charge in [0.25, 0.3) is 5.91 Å². The molecule has 0 aliphatic rings. The van der Waals surface area contributed by atoms with E-state index in [1.807, 2.05) is 38.1 Å². The molecular weight excluding hydrogens is 412 g/mol. The van der Waals surface area contributed by atoms with Crippen molar-refractivity contribution in [3.05, 3.63) is 58.6 Å². The van der Waals surface area contributed by atoms with E-state index in [9.17, 15) is 13.2 Å². The Morgan fingerprint density at radius 2 is 1.76 bits per heavy atom. The van der Waals surface area contributed by atoms with Crippen molar-refractivity contribution in [3.63, 3.8) is 0 Å². The third-order valence-electron chi connectivity index (χ3n) is 3.96. The van der Waals surface area contributed by atoms with Gasteiger partial charge in [-0.15, -0.1) is 0 Å². The Kier molecular flexibility index (Phi) is 7.32. The van der Waals surface area contributed by atoms with E-state index in [0.717, 1.165) is 11.3 Å². The van der Waals surface area contributed by atoms with Crippen molar-refractivity contribution in [2.24, 2.45) is 0 Å². The lowest BCUT2D eigenvalue weighted by molar-refractivity contribution is 0.0939. The highest BCUT2D eigenvalue weighted by atomic mass is 35.5. The minimum atomic E-state index is -3.87. The fourth-order valence-corrected chi connectivity index (χ4v) is 4.64. The van der Waals surface area contributed by atoms with Crippen LogP contribution in [0.25, 0.3) is 0 Å². The van der Waals surface area contributed by atoms with Crippen molar-refractivity contribution >= 4 is 27.5 Å². The Labute approximate surface area is 177 Å². The monoisotopic (exact) mass is 438 g/mol. The van der Waals surface area contributed by atoms with Gasteiger partial charge in [-0.2, -0.15) is 0 Å². The molecule has 0 aliphatic carbocycles. The molecule has 29 heavy (non-hydrogen) atoms. The summed E-state index contributed by atoms with van der Waals surface area (Å²) in [6, 6.07) is 11.4. The Balaban J connectivity index is 2.21. The van der Waals surface area contributed by atoms with Crippen LogP contribution in [0.4, 0.5) is 0 Å². The normalized spacial score (nSPS) is 13.0. The third kappa shape index (κ3) is 6.45. The van der Waals surface area contributed by atoms with E-state index in [-0.39, 0.29) is 21.5 Å². The number of amides is 1. The molecule has 8 heteroatoms. The van der Waals surface area contributed by atoms with Gasteiger partial charge in [0.2, 0.25) is 10.0 Å². The lowest BCUT2D eigenvalue weighted by atomic mass is 10.1. The molecular formula is C21H27ClN2O4S. The van der Waals surface area contributed by atoms with Gasteiger partial charge in [0.15, 0.2) is 0 Å². The SMILES string of the molecule is CCOc1ccc(C(C)NC(=O)c2ccc(Cl)c(S(=O)(=O)NC(C)(C)C)c2)cc1. The van der Waals surface area contributed by atoms with Crippen LogP contribution < -0.4 is 14.8 Å². The van der Waals surface area contributed by atoms with Crippen LogP contribution in [0.5, 0.6) is 5.75 Å². The van der Waals surface area contributed by atoms with Crippen LogP contribution in [0, 0.1) is 0 Å². The van der Waals surface area contributed by atoms with Crippen LogP contribution in [-0.2, 0) is 10.0 Å². The lowest BCUT2D eigenvalue weighted by Gasteiger charge is -2.21. The molecule has 0 saturated carbocycles. The third-order valence-corrected chi connectivity index (χ3v) is 6.20. The number of nitrogens with one attached hydrogen (secondary N) is 2. The Bertz CT molecular complexity index is 967. The summed E-state index contributed by atoms with van der Waals surface area (Å²) in [6.45, 7) is 9.53. The van der Waals surface area contributed by atoms with E-state index in [2.05, 4.69) is 10.0 Å². The number of hydrogen-bond acceptors (Lipinski definition) is 4. The molecule has 0 aromatic heterocycles. The molecule has 0 bridgehead atoms. The molecule has 0 radical (unpaired) electrons. The van der Waals surface area contributed by atoms with Crippen molar-refractivity contribution in [1.82, 2.24) is 10.0 Å². The highest BCUT2D eigenvalue weighted by Gasteiger charge is 2.25. The molecule has 0 saturated heterocycles. The summed E-state index contributed by atoms with van der Waals surface area (Å²) in [7, 11) is -3.87. The first-order valence-electron chi connectivity index (χ1n) is 9.30. The second-order valence-corrected chi connectivity index (χ2v) is 9.76. The molecule has 2 N–H and O–H groups in total. The minimum Gasteiger partial charge on any atom is -0.494 e. The summed E-state index contributed by atoms with van der Waals surface area (Å²) >= 11 is 6.09. The number of carbonyl (C=O) groups excluding carboxylic acids is 1. The zero-order valence-corrected chi connectivity index (χ0v) is 18.8. The van der Waals surface area contributed by atoms with Crippen LogP contribution in [0.15, 0.2) is 47.4 Å². The Morgan fingerprint density at radius 3 is 2.31 bits per heavy atom. The van der Waals surface area contributed by atoms with Gasteiger partial charge in [-0.3, -0.25) is 4.79 Å². The van der Waals surface area contributed by atoms with Gasteiger partial charge in [-0.1, -0.05) is 23.7 Å². The molecule has 0 spiro atoms. The highest BCUT2D eigenvalue weighted by Crippen LogP contribution is 2.25. The number of carbonyl (C=O) groups is 1. The van der Waals surface area contributed by atoms with Crippen molar-refractivity contribution in [2.45, 2.75) is 51.1 Å². The summed E-state index contributed by atoms with van der Waals surface area (Å²) in [5, 5.41) is 2.93. The molecule has 0 heterocycles. The number of sulfonamides is 1. The first-order valence-corrected chi connectivity index (χ1v) is 11.2. The highest BCUT2D eigenvalue weighted by molar-refractivity contribution is 7.89.